The fraction of sp³-hybridized carbons (Fsp3) is 0.862. The van der Waals surface area contributed by atoms with Crippen LogP contribution in [0.4, 0.5) is 4.79 Å². The summed E-state index contributed by atoms with van der Waals surface area (Å²) in [5.74, 6) is -0.473. The molecule has 0 saturated heterocycles. The molecule has 10 nitrogen and oxygen atoms in total. The van der Waals surface area contributed by atoms with Crippen LogP contribution in [-0.2, 0) is 37.0 Å². The van der Waals surface area contributed by atoms with E-state index in [2.05, 4.69) is 11.9 Å². The van der Waals surface area contributed by atoms with Gasteiger partial charge >= 0.3 is 20.9 Å². The van der Waals surface area contributed by atoms with E-state index < -0.39 is 20.9 Å². The number of rotatable bonds is 28. The molecule has 0 radical (unpaired) electrons. The van der Waals surface area contributed by atoms with Crippen LogP contribution in [-0.4, -0.2) is 85.9 Å². The minimum Gasteiger partial charge on any atom is -0.460 e. The van der Waals surface area contributed by atoms with Crippen molar-refractivity contribution in [3.63, 3.8) is 0 Å². The predicted molar refractivity (Wildman–Crippen MR) is 158 cm³/mol. The van der Waals surface area contributed by atoms with Crippen molar-refractivity contribution in [1.29, 1.82) is 0 Å². The fourth-order valence-electron chi connectivity index (χ4n) is 3.97. The fourth-order valence-corrected chi connectivity index (χ4v) is 6.65. The third-order valence-corrected chi connectivity index (χ3v) is 9.12. The monoisotopic (exact) mass is 591 g/mol. The Morgan fingerprint density at radius 2 is 1.25 bits per heavy atom. The van der Waals surface area contributed by atoms with Crippen LogP contribution in [0.2, 0.25) is 6.04 Å². The number of hydrogen-bond donors (Lipinski definition) is 1. The summed E-state index contributed by atoms with van der Waals surface area (Å²) in [4.78, 5) is 22.9. The summed E-state index contributed by atoms with van der Waals surface area (Å²) in [6.45, 7) is 16.6. The van der Waals surface area contributed by atoms with E-state index in [-0.39, 0.29) is 18.8 Å². The van der Waals surface area contributed by atoms with E-state index in [1.165, 1.54) is 32.1 Å². The molecule has 2 atom stereocenters. The maximum Gasteiger partial charge on any atom is 0.500 e. The van der Waals surface area contributed by atoms with Crippen LogP contribution in [0.15, 0.2) is 12.7 Å². The van der Waals surface area contributed by atoms with Crippen molar-refractivity contribution in [3.8, 4) is 0 Å². The molecule has 0 saturated carbocycles. The van der Waals surface area contributed by atoms with E-state index in [4.69, 9.17) is 32.2 Å². The number of unbranched alkanes of at least 4 members (excludes halogenated alkanes) is 8. The Bertz CT molecular complexity index is 622. The van der Waals surface area contributed by atoms with E-state index in [1.807, 2.05) is 34.6 Å². The molecule has 0 aliphatic carbocycles. The Morgan fingerprint density at radius 1 is 0.725 bits per heavy atom. The van der Waals surface area contributed by atoms with Crippen LogP contribution in [0.3, 0.4) is 0 Å². The van der Waals surface area contributed by atoms with Crippen LogP contribution in [0.1, 0.15) is 92.4 Å². The third-order valence-electron chi connectivity index (χ3n) is 5.97. The van der Waals surface area contributed by atoms with Crippen molar-refractivity contribution in [2.45, 2.75) is 111 Å². The molecule has 1 amide bonds. The molecule has 0 bridgehead atoms. The number of ether oxygens (including phenoxy) is 4. The van der Waals surface area contributed by atoms with E-state index in [0.29, 0.717) is 46.2 Å². The smallest absolute Gasteiger partial charge is 0.460 e. The van der Waals surface area contributed by atoms with Gasteiger partial charge in [-0.1, -0.05) is 51.5 Å². The molecule has 0 heterocycles. The van der Waals surface area contributed by atoms with Crippen LogP contribution in [0, 0.1) is 0 Å². The van der Waals surface area contributed by atoms with Gasteiger partial charge in [-0.2, -0.15) is 0 Å². The number of nitrogens with one attached hydrogen (secondary N) is 1. The molecule has 1 N–H and O–H groups in total. The maximum atomic E-state index is 11.8. The Balaban J connectivity index is 3.60. The molecule has 0 aliphatic heterocycles. The molecule has 11 heteroatoms. The van der Waals surface area contributed by atoms with Crippen molar-refractivity contribution in [1.82, 2.24) is 5.32 Å². The first kappa shape index (κ1) is 38.5. The summed E-state index contributed by atoms with van der Waals surface area (Å²) in [5, 5.41) is 2.69. The first-order valence-electron chi connectivity index (χ1n) is 15.2. The second-order valence-electron chi connectivity index (χ2n) is 9.64. The third kappa shape index (κ3) is 22.2. The summed E-state index contributed by atoms with van der Waals surface area (Å²) < 4.78 is 39.1. The number of alkyl carbamates (subject to hydrolysis) is 1. The molecule has 0 aromatic heterocycles. The number of hydrogen-bond acceptors (Lipinski definition) is 9. The molecule has 0 aromatic carbocycles. The minimum absolute atomic E-state index is 0.155. The molecule has 0 fully saturated rings. The van der Waals surface area contributed by atoms with Crippen LogP contribution >= 0.6 is 0 Å². The van der Waals surface area contributed by atoms with E-state index in [1.54, 1.807) is 0 Å². The molecule has 0 aromatic rings. The zero-order chi connectivity index (χ0) is 29.9. The maximum absolute atomic E-state index is 11.8. The number of carbonyl (C=O) groups excluding carboxylic acids is 2. The van der Waals surface area contributed by atoms with Crippen LogP contribution in [0.5, 0.6) is 0 Å². The topological polar surface area (TPSA) is 111 Å². The van der Waals surface area contributed by atoms with Crippen molar-refractivity contribution in [2.24, 2.45) is 0 Å². The average molecular weight is 592 g/mol. The van der Waals surface area contributed by atoms with Gasteiger partial charge in [0.25, 0.3) is 0 Å². The highest BCUT2D eigenvalue weighted by Crippen LogP contribution is 2.21. The zero-order valence-corrected chi connectivity index (χ0v) is 26.8. The minimum atomic E-state index is -2.49. The highest BCUT2D eigenvalue weighted by atomic mass is 28.4. The van der Waals surface area contributed by atoms with Crippen molar-refractivity contribution in [3.05, 3.63) is 12.7 Å². The molecule has 0 rings (SSSR count). The quantitative estimate of drug-likeness (QED) is 0.0521. The van der Waals surface area contributed by atoms with Crippen molar-refractivity contribution >= 4 is 20.9 Å². The largest absolute Gasteiger partial charge is 0.500 e. The van der Waals surface area contributed by atoms with E-state index in [0.717, 1.165) is 37.8 Å². The van der Waals surface area contributed by atoms with E-state index >= 15 is 0 Å². The second kappa shape index (κ2) is 26.4. The molecule has 236 valence electrons. The number of carbonyl (C=O) groups is 2. The summed E-state index contributed by atoms with van der Waals surface area (Å²) in [6.07, 6.45) is 10.6. The van der Waals surface area contributed by atoms with Crippen molar-refractivity contribution in [2.75, 3.05) is 52.8 Å². The van der Waals surface area contributed by atoms with Gasteiger partial charge < -0.3 is 37.5 Å². The van der Waals surface area contributed by atoms with Gasteiger partial charge in [0.2, 0.25) is 0 Å². The lowest BCUT2D eigenvalue weighted by molar-refractivity contribution is -0.142. The van der Waals surface area contributed by atoms with Gasteiger partial charge in [0.1, 0.15) is 6.61 Å². The van der Waals surface area contributed by atoms with Gasteiger partial charge in [0, 0.05) is 38.5 Å². The predicted octanol–water partition coefficient (Wildman–Crippen LogP) is 5.81. The first-order chi connectivity index (χ1) is 19.3. The van der Waals surface area contributed by atoms with Gasteiger partial charge in [0.15, 0.2) is 0 Å². The molecular formula is C29H57NO9Si. The van der Waals surface area contributed by atoms with Gasteiger partial charge in [0.05, 0.1) is 32.0 Å². The molecule has 40 heavy (non-hydrogen) atoms. The second-order valence-corrected chi connectivity index (χ2v) is 12.4. The SMILES string of the molecule is C=CC(=O)OCC(C)OCC(C)OCCNC(=O)OCCCCCCCCCCC[Si](OCC)(OCC)OCC. The lowest BCUT2D eigenvalue weighted by atomic mass is 10.1. The Hall–Kier alpha value is -1.50. The summed E-state index contributed by atoms with van der Waals surface area (Å²) in [6, 6.07) is 0.897. The van der Waals surface area contributed by atoms with Crippen LogP contribution in [0.25, 0.3) is 0 Å². The molecule has 2 unspecified atom stereocenters. The highest BCUT2D eigenvalue weighted by Gasteiger charge is 2.39. The van der Waals surface area contributed by atoms with Crippen LogP contribution < -0.4 is 5.32 Å². The summed E-state index contributed by atoms with van der Waals surface area (Å²) >= 11 is 0. The van der Waals surface area contributed by atoms with Gasteiger partial charge in [-0.25, -0.2) is 9.59 Å². The Labute approximate surface area is 244 Å². The molecular weight excluding hydrogens is 534 g/mol. The lowest BCUT2D eigenvalue weighted by Gasteiger charge is -2.28. The normalized spacial score (nSPS) is 13.0. The van der Waals surface area contributed by atoms with Gasteiger partial charge in [-0.05, 0) is 47.5 Å². The van der Waals surface area contributed by atoms with Gasteiger partial charge in [-0.15, -0.1) is 0 Å². The Morgan fingerprint density at radius 3 is 1.80 bits per heavy atom. The number of amides is 1. The van der Waals surface area contributed by atoms with Crippen molar-refractivity contribution < 1.29 is 41.8 Å². The summed E-state index contributed by atoms with van der Waals surface area (Å²) in [5.41, 5.74) is 0. The first-order valence-corrected chi connectivity index (χ1v) is 17.1. The molecule has 0 aliphatic rings. The summed E-state index contributed by atoms with van der Waals surface area (Å²) in [7, 11) is -2.49. The lowest BCUT2D eigenvalue weighted by Crippen LogP contribution is -2.45. The average Bonchev–Trinajstić information content (AvgIpc) is 2.93. The number of esters is 1. The zero-order valence-electron chi connectivity index (χ0n) is 25.8. The highest BCUT2D eigenvalue weighted by molar-refractivity contribution is 6.60. The Kier molecular flexibility index (Phi) is 25.4. The van der Waals surface area contributed by atoms with Gasteiger partial charge in [-0.3, -0.25) is 0 Å². The van der Waals surface area contributed by atoms with E-state index in [9.17, 15) is 9.59 Å². The standard InChI is InChI=1S/C29H57NO9Si/c1-7-28(31)36-25-27(6)35-24-26(5)33-22-20-30-29(32)34-21-18-16-14-12-11-13-15-17-19-23-40(37-8-2,38-9-3)39-10-4/h7,26-27H,1,8-25H2,2-6H3,(H,30,32). The molecule has 0 spiro atoms.